The molecule has 1 fully saturated rings. The Bertz CT molecular complexity index is 795. The summed E-state index contributed by atoms with van der Waals surface area (Å²) < 4.78 is 1.70. The van der Waals surface area contributed by atoms with Crippen molar-refractivity contribution >= 4 is 24.0 Å². The average Bonchev–Trinajstić information content (AvgIpc) is 3.00. The summed E-state index contributed by atoms with van der Waals surface area (Å²) in [6, 6.07) is 7.49. The van der Waals surface area contributed by atoms with E-state index in [-0.39, 0.29) is 17.7 Å². The maximum atomic E-state index is 12.6. The van der Waals surface area contributed by atoms with Gasteiger partial charge < -0.3 is 4.90 Å². The van der Waals surface area contributed by atoms with E-state index in [0.717, 1.165) is 18.4 Å². The van der Waals surface area contributed by atoms with E-state index in [1.54, 1.807) is 4.90 Å². The average molecular weight is 345 g/mol. The molecular weight excluding hydrogens is 326 g/mol. The van der Waals surface area contributed by atoms with Gasteiger partial charge in [0.25, 0.3) is 5.91 Å². The van der Waals surface area contributed by atoms with Crippen LogP contribution >= 0.6 is 12.2 Å². The van der Waals surface area contributed by atoms with Crippen molar-refractivity contribution in [1.82, 2.24) is 19.8 Å². The number of H-pyrrole nitrogens is 1. The standard InChI is InChI=1S/C16H19N5O2S/c1-11-4-6-12(7-5-11)15(23)20-8-2-3-13(9-20)14(22)19-21-10-17-18-16(21)24/h4-7,10,13H,2-3,8-9H2,1H3,(H,18,24)(H,19,22)/t13-/m1/s1. The molecule has 1 aromatic carbocycles. The number of carbonyl (C=O) groups excluding carboxylic acids is 2. The minimum Gasteiger partial charge on any atom is -0.338 e. The Hall–Kier alpha value is -2.48. The van der Waals surface area contributed by atoms with Crippen LogP contribution in [0, 0.1) is 17.6 Å². The lowest BCUT2D eigenvalue weighted by atomic mass is 9.96. The topological polar surface area (TPSA) is 83.0 Å². The van der Waals surface area contributed by atoms with Crippen molar-refractivity contribution in [2.75, 3.05) is 18.5 Å². The van der Waals surface area contributed by atoms with Gasteiger partial charge in [0, 0.05) is 18.7 Å². The fourth-order valence-corrected chi connectivity index (χ4v) is 2.94. The third-order valence-electron chi connectivity index (χ3n) is 4.16. The fraction of sp³-hybridized carbons (Fsp3) is 0.375. The third kappa shape index (κ3) is 3.53. The van der Waals surface area contributed by atoms with E-state index in [4.69, 9.17) is 12.2 Å². The lowest BCUT2D eigenvalue weighted by molar-refractivity contribution is -0.122. The van der Waals surface area contributed by atoms with Crippen molar-refractivity contribution in [2.45, 2.75) is 19.8 Å². The minimum atomic E-state index is -0.259. The molecule has 1 aliphatic heterocycles. The highest BCUT2D eigenvalue weighted by Crippen LogP contribution is 2.19. The first-order valence-corrected chi connectivity index (χ1v) is 8.24. The van der Waals surface area contributed by atoms with Crippen LogP contribution in [-0.4, -0.2) is 44.7 Å². The van der Waals surface area contributed by atoms with E-state index in [2.05, 4.69) is 15.6 Å². The van der Waals surface area contributed by atoms with E-state index in [1.807, 2.05) is 31.2 Å². The molecular formula is C16H19N5O2S. The number of benzene rings is 1. The number of nitrogens with zero attached hydrogens (tertiary/aromatic N) is 3. The van der Waals surface area contributed by atoms with Crippen LogP contribution in [0.4, 0.5) is 0 Å². The lowest BCUT2D eigenvalue weighted by Gasteiger charge is -2.32. The molecule has 126 valence electrons. The van der Waals surface area contributed by atoms with Crippen molar-refractivity contribution in [3.05, 3.63) is 46.5 Å². The van der Waals surface area contributed by atoms with Gasteiger partial charge in [-0.05, 0) is 44.1 Å². The molecule has 7 nitrogen and oxygen atoms in total. The first-order chi connectivity index (χ1) is 11.5. The van der Waals surface area contributed by atoms with E-state index in [1.165, 1.54) is 11.0 Å². The number of aryl methyl sites for hydroxylation is 1. The first-order valence-electron chi connectivity index (χ1n) is 7.83. The quantitative estimate of drug-likeness (QED) is 0.832. The van der Waals surface area contributed by atoms with E-state index >= 15 is 0 Å². The summed E-state index contributed by atoms with van der Waals surface area (Å²) in [5.74, 6) is -0.453. The van der Waals surface area contributed by atoms with Crippen LogP contribution in [0.25, 0.3) is 0 Å². The summed E-state index contributed by atoms with van der Waals surface area (Å²) in [6.45, 7) is 3.06. The molecule has 0 bridgehead atoms. The highest BCUT2D eigenvalue weighted by molar-refractivity contribution is 7.71. The molecule has 1 saturated heterocycles. The van der Waals surface area contributed by atoms with Crippen LogP contribution in [0.3, 0.4) is 0 Å². The molecule has 0 aliphatic carbocycles. The first kappa shape index (κ1) is 16.4. The third-order valence-corrected chi connectivity index (χ3v) is 4.45. The predicted molar refractivity (Wildman–Crippen MR) is 91.6 cm³/mol. The number of hydrogen-bond donors (Lipinski definition) is 2. The van der Waals surface area contributed by atoms with Crippen molar-refractivity contribution < 1.29 is 9.59 Å². The Labute approximate surface area is 144 Å². The SMILES string of the molecule is Cc1ccc(C(=O)N2CCC[C@@H](C(=O)Nn3cn[nH]c3=S)C2)cc1. The molecule has 2 aromatic rings. The second-order valence-electron chi connectivity index (χ2n) is 5.96. The Morgan fingerprint density at radius 3 is 2.75 bits per heavy atom. The number of aromatic amines is 1. The molecule has 1 aliphatic rings. The molecule has 0 unspecified atom stereocenters. The van der Waals surface area contributed by atoms with Crippen LogP contribution in [0.1, 0.15) is 28.8 Å². The molecule has 24 heavy (non-hydrogen) atoms. The number of hydrogen-bond acceptors (Lipinski definition) is 4. The fourth-order valence-electron chi connectivity index (χ4n) is 2.79. The van der Waals surface area contributed by atoms with E-state index < -0.39 is 0 Å². The zero-order valence-corrected chi connectivity index (χ0v) is 14.2. The molecule has 0 spiro atoms. The van der Waals surface area contributed by atoms with Gasteiger partial charge in [-0.15, -0.1) is 0 Å². The highest BCUT2D eigenvalue weighted by atomic mass is 32.1. The molecule has 1 atom stereocenters. The number of piperidine rings is 1. The smallest absolute Gasteiger partial charge is 0.253 e. The van der Waals surface area contributed by atoms with Gasteiger partial charge in [-0.25, -0.2) is 4.68 Å². The highest BCUT2D eigenvalue weighted by Gasteiger charge is 2.29. The van der Waals surface area contributed by atoms with Crippen LogP contribution < -0.4 is 5.43 Å². The summed E-state index contributed by atoms with van der Waals surface area (Å²) in [7, 11) is 0. The zero-order valence-electron chi connectivity index (χ0n) is 13.4. The van der Waals surface area contributed by atoms with Gasteiger partial charge in [0.1, 0.15) is 6.33 Å². The number of carbonyl (C=O) groups is 2. The maximum absolute atomic E-state index is 12.6. The summed E-state index contributed by atoms with van der Waals surface area (Å²) in [6.07, 6.45) is 2.96. The molecule has 8 heteroatoms. The van der Waals surface area contributed by atoms with Crippen LogP contribution in [0.5, 0.6) is 0 Å². The van der Waals surface area contributed by atoms with Crippen LogP contribution in [0.15, 0.2) is 30.6 Å². The van der Waals surface area contributed by atoms with Gasteiger partial charge in [0.05, 0.1) is 5.92 Å². The van der Waals surface area contributed by atoms with Gasteiger partial charge in [0.15, 0.2) is 0 Å². The largest absolute Gasteiger partial charge is 0.338 e. The van der Waals surface area contributed by atoms with E-state index in [9.17, 15) is 9.59 Å². The molecule has 2 amide bonds. The Balaban J connectivity index is 1.66. The molecule has 0 saturated carbocycles. The second-order valence-corrected chi connectivity index (χ2v) is 6.35. The Morgan fingerprint density at radius 1 is 1.33 bits per heavy atom. The van der Waals surface area contributed by atoms with Gasteiger partial charge in [-0.1, -0.05) is 17.7 Å². The number of likely N-dealkylation sites (tertiary alicyclic amines) is 1. The lowest BCUT2D eigenvalue weighted by Crippen LogP contribution is -2.44. The van der Waals surface area contributed by atoms with Crippen LogP contribution in [0.2, 0.25) is 0 Å². The molecule has 2 N–H and O–H groups in total. The monoisotopic (exact) mass is 345 g/mol. The summed E-state index contributed by atoms with van der Waals surface area (Å²) in [4.78, 5) is 26.8. The van der Waals surface area contributed by atoms with Gasteiger partial charge >= 0.3 is 0 Å². The van der Waals surface area contributed by atoms with Crippen molar-refractivity contribution in [1.29, 1.82) is 0 Å². The number of nitrogens with one attached hydrogen (secondary N) is 2. The Morgan fingerprint density at radius 2 is 2.08 bits per heavy atom. The Kier molecular flexibility index (Phi) is 4.75. The molecule has 3 rings (SSSR count). The van der Waals surface area contributed by atoms with Crippen molar-refractivity contribution in [2.24, 2.45) is 5.92 Å². The van der Waals surface area contributed by atoms with Crippen LogP contribution in [-0.2, 0) is 4.79 Å². The summed E-state index contributed by atoms with van der Waals surface area (Å²) >= 11 is 5.01. The predicted octanol–water partition coefficient (Wildman–Crippen LogP) is 1.87. The summed E-state index contributed by atoms with van der Waals surface area (Å²) in [5.41, 5.74) is 4.47. The number of aromatic nitrogens is 3. The molecule has 0 radical (unpaired) electrons. The zero-order chi connectivity index (χ0) is 17.1. The number of rotatable bonds is 3. The number of amides is 2. The van der Waals surface area contributed by atoms with Gasteiger partial charge in [-0.2, -0.15) is 5.10 Å². The normalized spacial score (nSPS) is 17.5. The van der Waals surface area contributed by atoms with Crippen molar-refractivity contribution in [3.63, 3.8) is 0 Å². The molecule has 1 aromatic heterocycles. The van der Waals surface area contributed by atoms with Gasteiger partial charge in [0.2, 0.25) is 10.7 Å². The minimum absolute atomic E-state index is 0.0348. The maximum Gasteiger partial charge on any atom is 0.253 e. The second kappa shape index (κ2) is 6.96. The molecule has 2 heterocycles. The summed E-state index contributed by atoms with van der Waals surface area (Å²) in [5, 5.41) is 6.34. The van der Waals surface area contributed by atoms with Crippen molar-refractivity contribution in [3.8, 4) is 0 Å². The van der Waals surface area contributed by atoms with Gasteiger partial charge in [-0.3, -0.25) is 20.1 Å². The van der Waals surface area contributed by atoms with E-state index in [0.29, 0.717) is 23.4 Å².